The monoisotopic (exact) mass is 380 g/mol. The Hall–Kier alpha value is -2.65. The number of carbonyl (C=O) groups excluding carboxylic acids is 1. The lowest BCUT2D eigenvalue weighted by Crippen LogP contribution is -2.37. The molecule has 1 amide bonds. The van der Waals surface area contributed by atoms with Gasteiger partial charge in [-0.25, -0.2) is 12.4 Å². The first-order valence-corrected chi connectivity index (χ1v) is 9.20. The predicted molar refractivity (Wildman–Crippen MR) is 93.6 cm³/mol. The van der Waals surface area contributed by atoms with Crippen LogP contribution in [0.15, 0.2) is 47.6 Å². The van der Waals surface area contributed by atoms with Crippen LogP contribution in [-0.4, -0.2) is 61.1 Å². The highest BCUT2D eigenvalue weighted by molar-refractivity contribution is 7.90. The van der Waals surface area contributed by atoms with Gasteiger partial charge in [0.05, 0.1) is 17.1 Å². The van der Waals surface area contributed by atoms with E-state index in [0.29, 0.717) is 0 Å². The fourth-order valence-electron chi connectivity index (χ4n) is 2.28. The van der Waals surface area contributed by atoms with E-state index in [9.17, 15) is 18.0 Å². The molecular weight excluding hydrogens is 360 g/mol. The highest BCUT2D eigenvalue weighted by Gasteiger charge is 2.22. The summed E-state index contributed by atoms with van der Waals surface area (Å²) in [5.74, 6) is -1.75. The molecule has 0 saturated heterocycles. The third kappa shape index (κ3) is 4.50. The van der Waals surface area contributed by atoms with Gasteiger partial charge >= 0.3 is 5.97 Å². The quantitative estimate of drug-likeness (QED) is 0.738. The van der Waals surface area contributed by atoms with Crippen molar-refractivity contribution >= 4 is 21.9 Å². The number of aromatic nitrogens is 1. The van der Waals surface area contributed by atoms with Crippen LogP contribution in [-0.2, 0) is 19.6 Å². The normalized spacial score (nSPS) is 11.3. The second-order valence-corrected chi connectivity index (χ2v) is 7.50. The standard InChI is InChI=1S/C17H20N2O6S/c1-13-3-5-15(6-4-13)26(23,24)19-8-7-14(11-19)17(22)18(9-10-25-2)12-16(20)21/h3-8,11H,9-10,12H2,1-2H3,(H,20,21). The van der Waals surface area contributed by atoms with Crippen molar-refractivity contribution in [2.45, 2.75) is 11.8 Å². The highest BCUT2D eigenvalue weighted by atomic mass is 32.2. The molecule has 8 nitrogen and oxygen atoms in total. The highest BCUT2D eigenvalue weighted by Crippen LogP contribution is 2.17. The molecule has 2 aromatic rings. The number of benzene rings is 1. The first kappa shape index (κ1) is 19.7. The summed E-state index contributed by atoms with van der Waals surface area (Å²) in [6, 6.07) is 7.68. The SMILES string of the molecule is COCCN(CC(=O)O)C(=O)c1ccn(S(=O)(=O)c2ccc(C)cc2)c1. The van der Waals surface area contributed by atoms with Gasteiger partial charge in [0.2, 0.25) is 0 Å². The molecule has 0 fully saturated rings. The Bertz CT molecular complexity index is 886. The summed E-state index contributed by atoms with van der Waals surface area (Å²) in [6.45, 7) is 1.59. The van der Waals surface area contributed by atoms with Crippen LogP contribution in [0.1, 0.15) is 15.9 Å². The number of hydrogen-bond acceptors (Lipinski definition) is 5. The Morgan fingerprint density at radius 1 is 1.19 bits per heavy atom. The first-order valence-electron chi connectivity index (χ1n) is 7.76. The molecule has 9 heteroatoms. The number of hydrogen-bond donors (Lipinski definition) is 1. The number of carboxylic acids is 1. The zero-order chi connectivity index (χ0) is 19.3. The summed E-state index contributed by atoms with van der Waals surface area (Å²) in [6.07, 6.45) is 2.44. The van der Waals surface area contributed by atoms with Gasteiger partial charge < -0.3 is 14.7 Å². The maximum atomic E-state index is 12.6. The van der Waals surface area contributed by atoms with Crippen molar-refractivity contribution in [2.24, 2.45) is 0 Å². The molecule has 1 aromatic heterocycles. The summed E-state index contributed by atoms with van der Waals surface area (Å²) in [5, 5.41) is 8.95. The van der Waals surface area contributed by atoms with Crippen molar-refractivity contribution < 1.29 is 27.9 Å². The molecular formula is C17H20N2O6S. The number of amides is 1. The zero-order valence-electron chi connectivity index (χ0n) is 14.5. The molecule has 0 radical (unpaired) electrons. The lowest BCUT2D eigenvalue weighted by Gasteiger charge is -2.19. The van der Waals surface area contributed by atoms with E-state index in [1.165, 1.54) is 37.7 Å². The van der Waals surface area contributed by atoms with E-state index in [-0.39, 0.29) is 23.6 Å². The fourth-order valence-corrected chi connectivity index (χ4v) is 3.48. The molecule has 0 saturated carbocycles. The van der Waals surface area contributed by atoms with Crippen LogP contribution in [0, 0.1) is 6.92 Å². The molecule has 0 atom stereocenters. The number of carboxylic acid groups (broad SMARTS) is 1. The Labute approximate surface area is 151 Å². The first-order chi connectivity index (χ1) is 12.3. The summed E-state index contributed by atoms with van der Waals surface area (Å²) in [4.78, 5) is 24.6. The van der Waals surface area contributed by atoms with Crippen molar-refractivity contribution in [3.05, 3.63) is 53.9 Å². The van der Waals surface area contributed by atoms with E-state index >= 15 is 0 Å². The third-order valence-corrected chi connectivity index (χ3v) is 5.34. The summed E-state index contributed by atoms with van der Waals surface area (Å²) >= 11 is 0. The molecule has 0 aliphatic heterocycles. The average molecular weight is 380 g/mol. The van der Waals surface area contributed by atoms with Crippen molar-refractivity contribution in [3.63, 3.8) is 0 Å². The molecule has 1 heterocycles. The number of nitrogens with zero attached hydrogens (tertiary/aromatic N) is 2. The molecule has 1 aromatic carbocycles. The Morgan fingerprint density at radius 2 is 1.85 bits per heavy atom. The second-order valence-electron chi connectivity index (χ2n) is 5.66. The van der Waals surface area contributed by atoms with Crippen molar-refractivity contribution in [1.29, 1.82) is 0 Å². The van der Waals surface area contributed by atoms with Gasteiger partial charge in [-0.05, 0) is 25.1 Å². The molecule has 140 valence electrons. The average Bonchev–Trinajstić information content (AvgIpc) is 3.09. The van der Waals surface area contributed by atoms with Gasteiger partial charge in [-0.1, -0.05) is 17.7 Å². The summed E-state index contributed by atoms with van der Waals surface area (Å²) in [5.41, 5.74) is 1.01. The van der Waals surface area contributed by atoms with Gasteiger partial charge in [0.15, 0.2) is 0 Å². The van der Waals surface area contributed by atoms with Crippen molar-refractivity contribution in [3.8, 4) is 0 Å². The van der Waals surface area contributed by atoms with Crippen LogP contribution >= 0.6 is 0 Å². The molecule has 0 spiro atoms. The Balaban J connectivity index is 2.28. The van der Waals surface area contributed by atoms with E-state index in [2.05, 4.69) is 0 Å². The van der Waals surface area contributed by atoms with Crippen LogP contribution in [0.25, 0.3) is 0 Å². The van der Waals surface area contributed by atoms with Gasteiger partial charge in [-0.3, -0.25) is 9.59 Å². The van der Waals surface area contributed by atoms with Crippen molar-refractivity contribution in [2.75, 3.05) is 26.8 Å². The largest absolute Gasteiger partial charge is 0.480 e. The summed E-state index contributed by atoms with van der Waals surface area (Å²) < 4.78 is 31.1. The summed E-state index contributed by atoms with van der Waals surface area (Å²) in [7, 11) is -2.39. The number of methoxy groups -OCH3 is 1. The van der Waals surface area contributed by atoms with Crippen LogP contribution in [0.5, 0.6) is 0 Å². The van der Waals surface area contributed by atoms with E-state index < -0.39 is 28.4 Å². The number of rotatable bonds is 8. The minimum Gasteiger partial charge on any atom is -0.480 e. The maximum absolute atomic E-state index is 12.6. The van der Waals surface area contributed by atoms with Gasteiger partial charge in [-0.2, -0.15) is 0 Å². The van der Waals surface area contributed by atoms with E-state index in [1.54, 1.807) is 12.1 Å². The molecule has 0 aliphatic carbocycles. The van der Waals surface area contributed by atoms with E-state index in [0.717, 1.165) is 14.4 Å². The second kappa shape index (κ2) is 8.15. The maximum Gasteiger partial charge on any atom is 0.323 e. The molecule has 26 heavy (non-hydrogen) atoms. The van der Waals surface area contributed by atoms with E-state index in [1.807, 2.05) is 6.92 Å². The number of carbonyl (C=O) groups is 2. The fraction of sp³-hybridized carbons (Fsp3) is 0.294. The van der Waals surface area contributed by atoms with Crippen molar-refractivity contribution in [1.82, 2.24) is 8.87 Å². The lowest BCUT2D eigenvalue weighted by atomic mass is 10.2. The minimum absolute atomic E-state index is 0.0809. The zero-order valence-corrected chi connectivity index (χ0v) is 15.3. The van der Waals surface area contributed by atoms with E-state index in [4.69, 9.17) is 9.84 Å². The molecule has 0 unspecified atom stereocenters. The molecule has 0 bridgehead atoms. The Morgan fingerprint density at radius 3 is 2.42 bits per heavy atom. The van der Waals surface area contributed by atoms with Gasteiger partial charge in [0.25, 0.3) is 15.9 Å². The lowest BCUT2D eigenvalue weighted by molar-refractivity contribution is -0.137. The van der Waals surface area contributed by atoms with Gasteiger partial charge in [0.1, 0.15) is 6.54 Å². The number of aliphatic carboxylic acids is 1. The molecule has 1 N–H and O–H groups in total. The minimum atomic E-state index is -3.83. The smallest absolute Gasteiger partial charge is 0.323 e. The molecule has 0 aliphatic rings. The van der Waals surface area contributed by atoms with Gasteiger partial charge in [-0.15, -0.1) is 0 Å². The number of ether oxygens (including phenoxy) is 1. The van der Waals surface area contributed by atoms with Crippen LogP contribution in [0.3, 0.4) is 0 Å². The topological polar surface area (TPSA) is 106 Å². The third-order valence-electron chi connectivity index (χ3n) is 3.69. The molecule has 2 rings (SSSR count). The van der Waals surface area contributed by atoms with Crippen LogP contribution < -0.4 is 0 Å². The predicted octanol–water partition coefficient (Wildman–Crippen LogP) is 1.21. The van der Waals surface area contributed by atoms with Crippen LogP contribution in [0.2, 0.25) is 0 Å². The Kier molecular flexibility index (Phi) is 6.17. The van der Waals surface area contributed by atoms with Gasteiger partial charge in [0, 0.05) is 26.0 Å². The van der Waals surface area contributed by atoms with Crippen LogP contribution in [0.4, 0.5) is 0 Å². The number of aryl methyl sites for hydroxylation is 1.